The molecule has 0 atom stereocenters. The van der Waals surface area contributed by atoms with Gasteiger partial charge in [-0.15, -0.1) is 0 Å². The summed E-state index contributed by atoms with van der Waals surface area (Å²) in [5, 5.41) is 5.84. The molecule has 6 heteroatoms. The average molecular weight is 355 g/mol. The lowest BCUT2D eigenvalue weighted by molar-refractivity contribution is 0.0949. The van der Waals surface area contributed by atoms with Crippen LogP contribution in [0.4, 0.5) is 5.69 Å². The van der Waals surface area contributed by atoms with Crippen molar-refractivity contribution in [2.45, 2.75) is 6.54 Å². The largest absolute Gasteiger partial charge is 0.467 e. The fourth-order valence-corrected chi connectivity index (χ4v) is 2.52. The third-order valence-electron chi connectivity index (χ3n) is 3.54. The summed E-state index contributed by atoms with van der Waals surface area (Å²) < 4.78 is 5.19. The Morgan fingerprint density at radius 1 is 0.880 bits per heavy atom. The quantitative estimate of drug-likeness (QED) is 0.724. The molecule has 5 nitrogen and oxygen atoms in total. The fourth-order valence-electron chi connectivity index (χ4n) is 2.30. The van der Waals surface area contributed by atoms with E-state index in [0.29, 0.717) is 27.6 Å². The van der Waals surface area contributed by atoms with Crippen molar-refractivity contribution in [3.8, 4) is 0 Å². The maximum absolute atomic E-state index is 12.4. The first-order chi connectivity index (χ1) is 12.1. The summed E-state index contributed by atoms with van der Waals surface area (Å²) in [5.41, 5.74) is 1.11. The smallest absolute Gasteiger partial charge is 0.257 e. The molecular weight excluding hydrogens is 340 g/mol. The lowest BCUT2D eigenvalue weighted by Crippen LogP contribution is -2.24. The predicted octanol–water partition coefficient (Wildman–Crippen LogP) is 4.12. The van der Waals surface area contributed by atoms with Gasteiger partial charge in [0.25, 0.3) is 11.8 Å². The number of furan rings is 1. The molecule has 3 aromatic rings. The molecule has 2 aromatic carbocycles. The van der Waals surface area contributed by atoms with E-state index in [0.717, 1.165) is 0 Å². The maximum atomic E-state index is 12.4. The molecule has 126 valence electrons. The third kappa shape index (κ3) is 4.08. The Balaban J connectivity index is 1.75. The number of carbonyl (C=O) groups excluding carboxylic acids is 2. The molecule has 0 aliphatic carbocycles. The van der Waals surface area contributed by atoms with Gasteiger partial charge in [-0.3, -0.25) is 9.59 Å². The van der Waals surface area contributed by atoms with Crippen LogP contribution in [-0.2, 0) is 6.54 Å². The standard InChI is InChI=1S/C19H15ClN2O3/c20-16-9-3-1-7-14(16)19(24)22-17-10-4-2-8-15(17)18(23)21-12-13-6-5-11-25-13/h1-11H,12H2,(H,21,23)(H,22,24). The molecule has 0 fully saturated rings. The molecule has 1 heterocycles. The van der Waals surface area contributed by atoms with Gasteiger partial charge in [-0.1, -0.05) is 35.9 Å². The second-order valence-corrected chi connectivity index (χ2v) is 5.65. The number of hydrogen-bond donors (Lipinski definition) is 2. The number of anilines is 1. The Labute approximate surface area is 149 Å². The van der Waals surface area contributed by atoms with Crippen LogP contribution >= 0.6 is 11.6 Å². The molecule has 2 amide bonds. The molecule has 2 N–H and O–H groups in total. The topological polar surface area (TPSA) is 71.3 Å². The van der Waals surface area contributed by atoms with Crippen LogP contribution in [0.5, 0.6) is 0 Å². The van der Waals surface area contributed by atoms with Gasteiger partial charge in [-0.25, -0.2) is 0 Å². The maximum Gasteiger partial charge on any atom is 0.257 e. The molecule has 0 unspecified atom stereocenters. The van der Waals surface area contributed by atoms with Crippen molar-refractivity contribution in [1.29, 1.82) is 0 Å². The van der Waals surface area contributed by atoms with E-state index in [4.69, 9.17) is 16.0 Å². The van der Waals surface area contributed by atoms with Crippen molar-refractivity contribution in [3.63, 3.8) is 0 Å². The van der Waals surface area contributed by atoms with E-state index in [1.54, 1.807) is 66.9 Å². The number of para-hydroxylation sites is 1. The first-order valence-corrected chi connectivity index (χ1v) is 7.98. The summed E-state index contributed by atoms with van der Waals surface area (Å²) in [6.07, 6.45) is 1.54. The molecule has 0 aliphatic heterocycles. The number of benzene rings is 2. The Bertz CT molecular complexity index is 891. The van der Waals surface area contributed by atoms with Crippen LogP contribution in [0.25, 0.3) is 0 Å². The first kappa shape index (κ1) is 16.8. The number of halogens is 1. The monoisotopic (exact) mass is 354 g/mol. The molecule has 0 saturated heterocycles. The fraction of sp³-hybridized carbons (Fsp3) is 0.0526. The van der Waals surface area contributed by atoms with E-state index >= 15 is 0 Å². The summed E-state index contributed by atoms with van der Waals surface area (Å²) in [5.74, 6) is -0.0470. The Morgan fingerprint density at radius 3 is 2.32 bits per heavy atom. The van der Waals surface area contributed by atoms with Gasteiger partial charge in [0.15, 0.2) is 0 Å². The zero-order valence-electron chi connectivity index (χ0n) is 13.2. The van der Waals surface area contributed by atoms with Crippen molar-refractivity contribution in [1.82, 2.24) is 5.32 Å². The number of carbonyl (C=O) groups is 2. The van der Waals surface area contributed by atoms with Gasteiger partial charge in [0.1, 0.15) is 5.76 Å². The van der Waals surface area contributed by atoms with Crippen LogP contribution in [0, 0.1) is 0 Å². The Hall–Kier alpha value is -3.05. The van der Waals surface area contributed by atoms with E-state index in [2.05, 4.69) is 10.6 Å². The van der Waals surface area contributed by atoms with Crippen molar-refractivity contribution in [3.05, 3.63) is 88.8 Å². The van der Waals surface area contributed by atoms with Crippen LogP contribution in [0.3, 0.4) is 0 Å². The van der Waals surface area contributed by atoms with E-state index in [1.807, 2.05) is 0 Å². The highest BCUT2D eigenvalue weighted by atomic mass is 35.5. The zero-order valence-corrected chi connectivity index (χ0v) is 13.9. The SMILES string of the molecule is O=C(Nc1ccccc1C(=O)NCc1ccco1)c1ccccc1Cl. The van der Waals surface area contributed by atoms with E-state index in [9.17, 15) is 9.59 Å². The predicted molar refractivity (Wildman–Crippen MR) is 95.7 cm³/mol. The van der Waals surface area contributed by atoms with Gasteiger partial charge in [0.05, 0.1) is 34.6 Å². The summed E-state index contributed by atoms with van der Waals surface area (Å²) >= 11 is 6.04. The normalized spacial score (nSPS) is 10.3. The van der Waals surface area contributed by atoms with Crippen LogP contribution in [0.1, 0.15) is 26.5 Å². The molecule has 3 rings (SSSR count). The summed E-state index contributed by atoms with van der Waals surface area (Å²) in [6.45, 7) is 0.263. The van der Waals surface area contributed by atoms with Crippen LogP contribution in [-0.4, -0.2) is 11.8 Å². The van der Waals surface area contributed by atoms with Crippen molar-refractivity contribution in [2.24, 2.45) is 0 Å². The zero-order chi connectivity index (χ0) is 17.6. The minimum atomic E-state index is -0.378. The lowest BCUT2D eigenvalue weighted by Gasteiger charge is -2.11. The summed E-state index contributed by atoms with van der Waals surface area (Å²) in [4.78, 5) is 24.8. The molecular formula is C19H15ClN2O3. The molecule has 25 heavy (non-hydrogen) atoms. The molecule has 0 radical (unpaired) electrons. The van der Waals surface area contributed by atoms with Gasteiger partial charge >= 0.3 is 0 Å². The number of amides is 2. The Kier molecular flexibility index (Phi) is 5.16. The van der Waals surface area contributed by atoms with Gasteiger partial charge in [-0.2, -0.15) is 0 Å². The minimum Gasteiger partial charge on any atom is -0.467 e. The van der Waals surface area contributed by atoms with E-state index < -0.39 is 0 Å². The van der Waals surface area contributed by atoms with Gasteiger partial charge < -0.3 is 15.1 Å². The summed E-state index contributed by atoms with van der Waals surface area (Å²) in [7, 11) is 0. The number of nitrogens with one attached hydrogen (secondary N) is 2. The lowest BCUT2D eigenvalue weighted by atomic mass is 10.1. The molecule has 0 spiro atoms. The molecule has 0 saturated carbocycles. The van der Waals surface area contributed by atoms with E-state index in [-0.39, 0.29) is 18.4 Å². The van der Waals surface area contributed by atoms with E-state index in [1.165, 1.54) is 0 Å². The summed E-state index contributed by atoms with van der Waals surface area (Å²) in [6, 6.07) is 17.0. The highest BCUT2D eigenvalue weighted by molar-refractivity contribution is 6.34. The molecule has 1 aromatic heterocycles. The average Bonchev–Trinajstić information content (AvgIpc) is 3.14. The third-order valence-corrected chi connectivity index (χ3v) is 3.87. The molecule has 0 bridgehead atoms. The van der Waals surface area contributed by atoms with Crippen LogP contribution < -0.4 is 10.6 Å². The van der Waals surface area contributed by atoms with Crippen molar-refractivity contribution in [2.75, 3.05) is 5.32 Å². The van der Waals surface area contributed by atoms with Crippen molar-refractivity contribution >= 4 is 29.1 Å². The minimum absolute atomic E-state index is 0.263. The highest BCUT2D eigenvalue weighted by Gasteiger charge is 2.15. The van der Waals surface area contributed by atoms with Gasteiger partial charge in [0.2, 0.25) is 0 Å². The van der Waals surface area contributed by atoms with Gasteiger partial charge in [-0.05, 0) is 36.4 Å². The van der Waals surface area contributed by atoms with Crippen LogP contribution in [0.15, 0.2) is 71.3 Å². The molecule has 0 aliphatic rings. The second-order valence-electron chi connectivity index (χ2n) is 5.24. The second kappa shape index (κ2) is 7.68. The number of hydrogen-bond acceptors (Lipinski definition) is 3. The van der Waals surface area contributed by atoms with Crippen LogP contribution in [0.2, 0.25) is 5.02 Å². The highest BCUT2D eigenvalue weighted by Crippen LogP contribution is 2.20. The Morgan fingerprint density at radius 2 is 1.60 bits per heavy atom. The van der Waals surface area contributed by atoms with Gasteiger partial charge in [0, 0.05) is 0 Å². The van der Waals surface area contributed by atoms with Crippen molar-refractivity contribution < 1.29 is 14.0 Å². The first-order valence-electron chi connectivity index (χ1n) is 7.60. The number of rotatable bonds is 5.